The second-order valence-corrected chi connectivity index (χ2v) is 5.26. The molecule has 3 rings (SSSR count). The van der Waals surface area contributed by atoms with E-state index >= 15 is 0 Å². The van der Waals surface area contributed by atoms with Gasteiger partial charge in [-0.25, -0.2) is 0 Å². The summed E-state index contributed by atoms with van der Waals surface area (Å²) in [5, 5.41) is 7.24. The summed E-state index contributed by atoms with van der Waals surface area (Å²) in [6.45, 7) is 3.34. The fourth-order valence-corrected chi connectivity index (χ4v) is 2.97. The Balaban J connectivity index is 1.52. The second-order valence-electron chi connectivity index (χ2n) is 5.26. The van der Waals surface area contributed by atoms with E-state index in [1.54, 1.807) is 0 Å². The van der Waals surface area contributed by atoms with Crippen molar-refractivity contribution in [2.45, 2.75) is 50.3 Å². The van der Waals surface area contributed by atoms with Crippen LogP contribution in [0.1, 0.15) is 32.1 Å². The van der Waals surface area contributed by atoms with Gasteiger partial charge in [-0.2, -0.15) is 0 Å². The van der Waals surface area contributed by atoms with Crippen molar-refractivity contribution in [1.29, 1.82) is 0 Å². The van der Waals surface area contributed by atoms with Crippen molar-refractivity contribution in [3.8, 4) is 0 Å². The van der Waals surface area contributed by atoms with E-state index in [-0.39, 0.29) is 0 Å². The molecule has 15 heavy (non-hydrogen) atoms. The molecule has 1 aliphatic carbocycles. The van der Waals surface area contributed by atoms with E-state index in [1.165, 1.54) is 45.2 Å². The highest BCUT2D eigenvalue weighted by atomic mass is 16.5. The summed E-state index contributed by atoms with van der Waals surface area (Å²) < 4.78 is 5.85. The zero-order valence-corrected chi connectivity index (χ0v) is 9.37. The third-order valence-electron chi connectivity index (χ3n) is 4.01. The molecule has 0 aromatic rings. The van der Waals surface area contributed by atoms with Crippen LogP contribution in [-0.2, 0) is 4.74 Å². The van der Waals surface area contributed by atoms with Crippen LogP contribution in [0.15, 0.2) is 0 Å². The fourth-order valence-electron chi connectivity index (χ4n) is 2.97. The van der Waals surface area contributed by atoms with Crippen molar-refractivity contribution in [2.75, 3.05) is 19.7 Å². The number of hydrogen-bond acceptors (Lipinski definition) is 3. The van der Waals surface area contributed by atoms with Crippen molar-refractivity contribution >= 4 is 0 Å². The SMILES string of the molecule is C1CC(NC2CCOC2C2CC2)CCN1. The Morgan fingerprint density at radius 3 is 2.53 bits per heavy atom. The van der Waals surface area contributed by atoms with Crippen LogP contribution in [0.4, 0.5) is 0 Å². The first-order valence-corrected chi connectivity index (χ1v) is 6.52. The molecule has 0 amide bonds. The summed E-state index contributed by atoms with van der Waals surface area (Å²) in [6, 6.07) is 1.39. The minimum atomic E-state index is 0.542. The van der Waals surface area contributed by atoms with E-state index < -0.39 is 0 Å². The topological polar surface area (TPSA) is 33.3 Å². The van der Waals surface area contributed by atoms with E-state index in [4.69, 9.17) is 4.74 Å². The summed E-state index contributed by atoms with van der Waals surface area (Å²) in [4.78, 5) is 0. The molecule has 0 aromatic heterocycles. The first-order chi connectivity index (χ1) is 7.43. The Bertz CT molecular complexity index is 212. The maximum absolute atomic E-state index is 5.85. The molecular weight excluding hydrogens is 188 g/mol. The van der Waals surface area contributed by atoms with E-state index in [0.29, 0.717) is 12.1 Å². The highest BCUT2D eigenvalue weighted by Crippen LogP contribution is 2.38. The maximum Gasteiger partial charge on any atom is 0.0757 e. The molecule has 86 valence electrons. The molecule has 0 spiro atoms. The summed E-state index contributed by atoms with van der Waals surface area (Å²) >= 11 is 0. The molecule has 3 fully saturated rings. The normalized spacial score (nSPS) is 38.4. The maximum atomic E-state index is 5.85. The van der Waals surface area contributed by atoms with Gasteiger partial charge in [0.1, 0.15) is 0 Å². The van der Waals surface area contributed by atoms with E-state index in [1.807, 2.05) is 0 Å². The molecule has 3 heteroatoms. The molecule has 2 N–H and O–H groups in total. The first kappa shape index (κ1) is 10.1. The molecule has 0 aromatic carbocycles. The lowest BCUT2D eigenvalue weighted by Gasteiger charge is -2.29. The van der Waals surface area contributed by atoms with Crippen molar-refractivity contribution < 1.29 is 4.74 Å². The van der Waals surface area contributed by atoms with Crippen LogP contribution >= 0.6 is 0 Å². The van der Waals surface area contributed by atoms with Gasteiger partial charge in [-0.3, -0.25) is 0 Å². The molecule has 1 saturated carbocycles. The van der Waals surface area contributed by atoms with Gasteiger partial charge in [-0.15, -0.1) is 0 Å². The highest BCUT2D eigenvalue weighted by Gasteiger charge is 2.41. The van der Waals surface area contributed by atoms with Crippen molar-refractivity contribution in [2.24, 2.45) is 5.92 Å². The highest BCUT2D eigenvalue weighted by molar-refractivity contribution is 4.95. The zero-order valence-electron chi connectivity index (χ0n) is 9.37. The fraction of sp³-hybridized carbons (Fsp3) is 1.00. The predicted octanol–water partition coefficient (Wildman–Crippen LogP) is 0.895. The average molecular weight is 210 g/mol. The van der Waals surface area contributed by atoms with Crippen LogP contribution in [0.25, 0.3) is 0 Å². The average Bonchev–Trinajstić information content (AvgIpc) is 3.02. The lowest BCUT2D eigenvalue weighted by molar-refractivity contribution is 0.0778. The van der Waals surface area contributed by atoms with Crippen molar-refractivity contribution in [3.05, 3.63) is 0 Å². The zero-order chi connectivity index (χ0) is 10.1. The lowest BCUT2D eigenvalue weighted by Crippen LogP contribution is -2.48. The van der Waals surface area contributed by atoms with Crippen molar-refractivity contribution in [3.63, 3.8) is 0 Å². The molecule has 3 nitrogen and oxygen atoms in total. The number of rotatable bonds is 3. The van der Waals surface area contributed by atoms with Gasteiger partial charge in [0.25, 0.3) is 0 Å². The van der Waals surface area contributed by atoms with Gasteiger partial charge >= 0.3 is 0 Å². The molecule has 2 heterocycles. The summed E-state index contributed by atoms with van der Waals surface area (Å²) in [5.41, 5.74) is 0. The van der Waals surface area contributed by atoms with Crippen LogP contribution in [0, 0.1) is 5.92 Å². The Labute approximate surface area is 91.9 Å². The van der Waals surface area contributed by atoms with Crippen LogP contribution in [0.3, 0.4) is 0 Å². The van der Waals surface area contributed by atoms with Crippen LogP contribution in [0.2, 0.25) is 0 Å². The number of hydrogen-bond donors (Lipinski definition) is 2. The molecule has 2 atom stereocenters. The van der Waals surface area contributed by atoms with Gasteiger partial charge in [0.2, 0.25) is 0 Å². The van der Waals surface area contributed by atoms with Crippen LogP contribution in [-0.4, -0.2) is 37.9 Å². The van der Waals surface area contributed by atoms with E-state index in [9.17, 15) is 0 Å². The number of nitrogens with one attached hydrogen (secondary N) is 2. The standard InChI is InChI=1S/C12H22N2O/c1-2-9(1)12-11(5-8-15-12)14-10-3-6-13-7-4-10/h9-14H,1-8H2. The summed E-state index contributed by atoms with van der Waals surface area (Å²) in [6.07, 6.45) is 7.14. The van der Waals surface area contributed by atoms with Gasteiger partial charge in [0, 0.05) is 18.7 Å². The third-order valence-corrected chi connectivity index (χ3v) is 4.01. The van der Waals surface area contributed by atoms with Gasteiger partial charge in [0.15, 0.2) is 0 Å². The molecule has 3 aliphatic rings. The third kappa shape index (κ3) is 2.35. The monoisotopic (exact) mass is 210 g/mol. The first-order valence-electron chi connectivity index (χ1n) is 6.52. The van der Waals surface area contributed by atoms with E-state index in [2.05, 4.69) is 10.6 Å². The van der Waals surface area contributed by atoms with Crippen LogP contribution in [0.5, 0.6) is 0 Å². The molecule has 2 unspecified atom stereocenters. The summed E-state index contributed by atoms with van der Waals surface area (Å²) in [5.74, 6) is 0.881. The molecule has 2 aliphatic heterocycles. The lowest BCUT2D eigenvalue weighted by atomic mass is 10.0. The molecule has 0 radical (unpaired) electrons. The number of ether oxygens (including phenoxy) is 1. The van der Waals surface area contributed by atoms with Crippen LogP contribution < -0.4 is 10.6 Å². The second kappa shape index (κ2) is 4.40. The smallest absolute Gasteiger partial charge is 0.0757 e. The molecular formula is C12H22N2O. The quantitative estimate of drug-likeness (QED) is 0.726. The van der Waals surface area contributed by atoms with Gasteiger partial charge in [0.05, 0.1) is 6.10 Å². The van der Waals surface area contributed by atoms with Gasteiger partial charge in [-0.1, -0.05) is 0 Å². The largest absolute Gasteiger partial charge is 0.376 e. The summed E-state index contributed by atoms with van der Waals surface area (Å²) in [7, 11) is 0. The Morgan fingerprint density at radius 2 is 1.80 bits per heavy atom. The van der Waals surface area contributed by atoms with Gasteiger partial charge in [-0.05, 0) is 51.1 Å². The predicted molar refractivity (Wildman–Crippen MR) is 59.9 cm³/mol. The number of piperidine rings is 1. The minimum Gasteiger partial charge on any atom is -0.376 e. The van der Waals surface area contributed by atoms with E-state index in [0.717, 1.165) is 18.6 Å². The molecule has 0 bridgehead atoms. The minimum absolute atomic E-state index is 0.542. The van der Waals surface area contributed by atoms with Crippen molar-refractivity contribution in [1.82, 2.24) is 10.6 Å². The molecule has 2 saturated heterocycles. The van der Waals surface area contributed by atoms with Gasteiger partial charge < -0.3 is 15.4 Å². The Kier molecular flexibility index (Phi) is 2.95. The Hall–Kier alpha value is -0.120. The Morgan fingerprint density at radius 1 is 1.00 bits per heavy atom.